The van der Waals surface area contributed by atoms with E-state index in [9.17, 15) is 14.4 Å². The lowest BCUT2D eigenvalue weighted by atomic mass is 9.96. The van der Waals surface area contributed by atoms with E-state index in [1.165, 1.54) is 18.4 Å². The molecule has 1 saturated heterocycles. The van der Waals surface area contributed by atoms with E-state index in [4.69, 9.17) is 9.47 Å². The summed E-state index contributed by atoms with van der Waals surface area (Å²) in [6, 6.07) is 5.07. The smallest absolute Gasteiger partial charge is 0.286 e. The van der Waals surface area contributed by atoms with E-state index < -0.39 is 5.91 Å². The van der Waals surface area contributed by atoms with E-state index in [0.717, 1.165) is 43.4 Å². The largest absolute Gasteiger partial charge is 0.454 e. The molecule has 3 heterocycles. The van der Waals surface area contributed by atoms with Gasteiger partial charge in [0.15, 0.2) is 11.5 Å². The minimum atomic E-state index is -0.464. The first-order chi connectivity index (χ1) is 17.6. The van der Waals surface area contributed by atoms with Crippen LogP contribution in [0, 0.1) is 5.92 Å². The number of rotatable bonds is 7. The average Bonchev–Trinajstić information content (AvgIpc) is 3.59. The van der Waals surface area contributed by atoms with Gasteiger partial charge in [0.2, 0.25) is 22.7 Å². The van der Waals surface area contributed by atoms with Gasteiger partial charge in [-0.05, 0) is 57.1 Å². The third kappa shape index (κ3) is 5.67. The molecule has 0 saturated carbocycles. The van der Waals surface area contributed by atoms with Crippen molar-refractivity contribution in [1.82, 2.24) is 20.4 Å². The summed E-state index contributed by atoms with van der Waals surface area (Å²) in [6.07, 6.45) is 9.42. The van der Waals surface area contributed by atoms with E-state index >= 15 is 0 Å². The van der Waals surface area contributed by atoms with E-state index in [0.29, 0.717) is 36.8 Å². The number of hydrogen-bond acceptors (Lipinski definition) is 8. The Bertz CT molecular complexity index is 1180. The molecule has 10 nitrogen and oxygen atoms in total. The van der Waals surface area contributed by atoms with Crippen LogP contribution in [0.1, 0.15) is 64.6 Å². The summed E-state index contributed by atoms with van der Waals surface area (Å²) in [6.45, 7) is 1.67. The number of hydrogen-bond donors (Lipinski definition) is 2. The molecule has 1 aromatic carbocycles. The summed E-state index contributed by atoms with van der Waals surface area (Å²) >= 11 is 0.939. The van der Waals surface area contributed by atoms with Crippen molar-refractivity contribution in [2.45, 2.75) is 44.9 Å². The zero-order valence-electron chi connectivity index (χ0n) is 20.0. The van der Waals surface area contributed by atoms with E-state index in [1.807, 2.05) is 0 Å². The molecule has 0 radical (unpaired) electrons. The van der Waals surface area contributed by atoms with Gasteiger partial charge in [-0.25, -0.2) is 0 Å². The number of anilines is 1. The second kappa shape index (κ2) is 11.1. The molecule has 1 aliphatic carbocycles. The Morgan fingerprint density at radius 1 is 1.08 bits per heavy atom. The zero-order valence-corrected chi connectivity index (χ0v) is 20.8. The number of likely N-dealkylation sites (tertiary alicyclic amines) is 1. The number of allylic oxidation sites excluding steroid dienone is 1. The minimum absolute atomic E-state index is 0.00929. The number of carbonyl (C=O) groups excluding carboxylic acids is 3. The molecule has 0 unspecified atom stereocenters. The molecule has 3 aliphatic rings. The van der Waals surface area contributed by atoms with Gasteiger partial charge in [-0.15, -0.1) is 10.2 Å². The van der Waals surface area contributed by atoms with Gasteiger partial charge in [0.25, 0.3) is 11.8 Å². The average molecular weight is 512 g/mol. The summed E-state index contributed by atoms with van der Waals surface area (Å²) in [5.41, 5.74) is 1.95. The summed E-state index contributed by atoms with van der Waals surface area (Å²) in [5, 5.41) is 13.9. The van der Waals surface area contributed by atoms with Crippen LogP contribution in [0.5, 0.6) is 11.5 Å². The van der Waals surface area contributed by atoms with Gasteiger partial charge >= 0.3 is 0 Å². The molecule has 0 spiro atoms. The van der Waals surface area contributed by atoms with Crippen LogP contribution in [0.25, 0.3) is 0 Å². The van der Waals surface area contributed by atoms with Crippen molar-refractivity contribution < 1.29 is 23.9 Å². The first kappa shape index (κ1) is 24.2. The van der Waals surface area contributed by atoms with Crippen molar-refractivity contribution in [3.8, 4) is 11.5 Å². The minimum Gasteiger partial charge on any atom is -0.454 e. The van der Waals surface area contributed by atoms with E-state index in [-0.39, 0.29) is 34.5 Å². The molecule has 1 fully saturated rings. The number of benzene rings is 1. The number of aromatic nitrogens is 2. The monoisotopic (exact) mass is 511 g/mol. The van der Waals surface area contributed by atoms with Crippen LogP contribution < -0.4 is 20.1 Å². The third-order valence-corrected chi connectivity index (χ3v) is 7.55. The van der Waals surface area contributed by atoms with Crippen LogP contribution in [0.15, 0.2) is 29.8 Å². The zero-order chi connectivity index (χ0) is 24.9. The lowest BCUT2D eigenvalue weighted by Crippen LogP contribution is -2.45. The quantitative estimate of drug-likeness (QED) is 0.547. The van der Waals surface area contributed by atoms with Crippen LogP contribution in [0.3, 0.4) is 0 Å². The number of fused-ring (bicyclic) bond motifs is 1. The highest BCUT2D eigenvalue weighted by molar-refractivity contribution is 7.15. The summed E-state index contributed by atoms with van der Waals surface area (Å²) in [4.78, 5) is 40.0. The van der Waals surface area contributed by atoms with Gasteiger partial charge in [0.1, 0.15) is 0 Å². The first-order valence-corrected chi connectivity index (χ1v) is 13.2. The van der Waals surface area contributed by atoms with Crippen molar-refractivity contribution in [2.24, 2.45) is 5.92 Å². The van der Waals surface area contributed by atoms with Crippen LogP contribution in [-0.4, -0.2) is 59.2 Å². The van der Waals surface area contributed by atoms with Gasteiger partial charge < -0.3 is 25.0 Å². The fourth-order valence-electron chi connectivity index (χ4n) is 4.69. The van der Waals surface area contributed by atoms with Crippen molar-refractivity contribution in [1.29, 1.82) is 0 Å². The fraction of sp³-hybridized carbons (Fsp3) is 0.480. The van der Waals surface area contributed by atoms with Gasteiger partial charge in [-0.1, -0.05) is 23.0 Å². The molecule has 2 N–H and O–H groups in total. The topological polar surface area (TPSA) is 123 Å². The lowest BCUT2D eigenvalue weighted by Gasteiger charge is -2.31. The number of ether oxygens (including phenoxy) is 2. The Morgan fingerprint density at radius 3 is 2.81 bits per heavy atom. The summed E-state index contributed by atoms with van der Waals surface area (Å²) < 4.78 is 10.6. The highest BCUT2D eigenvalue weighted by atomic mass is 32.1. The van der Waals surface area contributed by atoms with Crippen LogP contribution in [-0.2, 0) is 4.79 Å². The molecular weight excluding hydrogens is 482 g/mol. The van der Waals surface area contributed by atoms with E-state index in [1.54, 1.807) is 23.1 Å². The predicted molar refractivity (Wildman–Crippen MR) is 133 cm³/mol. The second-order valence-electron chi connectivity index (χ2n) is 9.17. The van der Waals surface area contributed by atoms with Crippen molar-refractivity contribution in [3.05, 3.63) is 39.9 Å². The fourth-order valence-corrected chi connectivity index (χ4v) is 5.40. The Labute approximate surface area is 213 Å². The van der Waals surface area contributed by atoms with Crippen LogP contribution in [0.2, 0.25) is 0 Å². The van der Waals surface area contributed by atoms with Crippen LogP contribution in [0.4, 0.5) is 5.69 Å². The molecule has 1 aromatic heterocycles. The molecule has 11 heteroatoms. The third-order valence-electron chi connectivity index (χ3n) is 6.64. The van der Waals surface area contributed by atoms with Crippen molar-refractivity contribution >= 4 is 34.7 Å². The van der Waals surface area contributed by atoms with Crippen molar-refractivity contribution in [2.75, 3.05) is 31.7 Å². The van der Waals surface area contributed by atoms with Gasteiger partial charge in [-0.2, -0.15) is 0 Å². The molecule has 190 valence electrons. The molecule has 3 amide bonds. The number of nitrogens with zero attached hydrogens (tertiary/aromatic N) is 3. The summed E-state index contributed by atoms with van der Waals surface area (Å²) in [7, 11) is 0. The molecule has 0 bridgehead atoms. The van der Waals surface area contributed by atoms with Gasteiger partial charge in [0, 0.05) is 31.4 Å². The normalized spacial score (nSPS) is 18.9. The highest BCUT2D eigenvalue weighted by Gasteiger charge is 2.31. The predicted octanol–water partition coefficient (Wildman–Crippen LogP) is 3.38. The Balaban J connectivity index is 1.13. The molecule has 36 heavy (non-hydrogen) atoms. The molecule has 2 aromatic rings. The Kier molecular flexibility index (Phi) is 7.45. The highest BCUT2D eigenvalue weighted by Crippen LogP contribution is 2.34. The van der Waals surface area contributed by atoms with Crippen LogP contribution >= 0.6 is 11.3 Å². The maximum atomic E-state index is 13.0. The number of carbonyl (C=O) groups is 3. The Morgan fingerprint density at radius 2 is 1.94 bits per heavy atom. The standard InChI is InChI=1S/C25H29N5O5S/c31-21(26-11-10-16-5-2-1-3-6-16)17-7-4-12-30(14-17)25(33)24-29-28-23(36-24)22(32)27-18-8-9-19-20(13-18)35-15-34-19/h5,8-9,13,17H,1-4,6-7,10-12,14-15H2,(H,26,31)(H,27,32)/t17-/m0/s1. The number of amides is 3. The molecule has 1 atom stereocenters. The second-order valence-corrected chi connectivity index (χ2v) is 10.2. The SMILES string of the molecule is O=C(Nc1ccc2c(c1)OCO2)c1nnc(C(=O)N2CCC[C@H](C(=O)NCCC3=CCCCC3)C2)s1. The molecule has 2 aliphatic heterocycles. The van der Waals surface area contributed by atoms with Gasteiger partial charge in [-0.3, -0.25) is 14.4 Å². The molecular formula is C25H29N5O5S. The van der Waals surface area contributed by atoms with Gasteiger partial charge in [0.05, 0.1) is 5.92 Å². The maximum Gasteiger partial charge on any atom is 0.286 e. The van der Waals surface area contributed by atoms with E-state index in [2.05, 4.69) is 26.9 Å². The maximum absolute atomic E-state index is 13.0. The Hall–Kier alpha value is -3.47. The number of nitrogens with one attached hydrogen (secondary N) is 2. The summed E-state index contributed by atoms with van der Waals surface area (Å²) in [5.74, 6) is 0.145. The first-order valence-electron chi connectivity index (χ1n) is 12.4. The van der Waals surface area contributed by atoms with Crippen molar-refractivity contribution in [3.63, 3.8) is 0 Å². The lowest BCUT2D eigenvalue weighted by molar-refractivity contribution is -0.126. The number of piperidine rings is 1. The molecule has 5 rings (SSSR count).